The van der Waals surface area contributed by atoms with E-state index in [1.807, 2.05) is 30.3 Å². The Kier molecular flexibility index (Phi) is 7.77. The summed E-state index contributed by atoms with van der Waals surface area (Å²) in [6, 6.07) is 15.8. The zero-order chi connectivity index (χ0) is 23.8. The van der Waals surface area contributed by atoms with Gasteiger partial charge in [-0.1, -0.05) is 54.2 Å². The topological polar surface area (TPSA) is 89.8 Å². The van der Waals surface area contributed by atoms with Gasteiger partial charge >= 0.3 is 0 Å². The molecular formula is C25H22FN5O2S. The first kappa shape index (κ1) is 23.3. The Bertz CT molecular complexity index is 1300. The average Bonchev–Trinajstić information content (AvgIpc) is 2.86. The fourth-order valence-electron chi connectivity index (χ4n) is 3.25. The van der Waals surface area contributed by atoms with Crippen LogP contribution < -0.4 is 10.9 Å². The summed E-state index contributed by atoms with van der Waals surface area (Å²) in [4.78, 5) is 37.6. The van der Waals surface area contributed by atoms with E-state index in [9.17, 15) is 14.0 Å². The van der Waals surface area contributed by atoms with Crippen LogP contribution in [0.25, 0.3) is 0 Å². The van der Waals surface area contributed by atoms with Crippen LogP contribution in [0.1, 0.15) is 22.3 Å². The van der Waals surface area contributed by atoms with E-state index in [-0.39, 0.29) is 23.8 Å². The van der Waals surface area contributed by atoms with Crippen molar-refractivity contribution in [3.05, 3.63) is 118 Å². The second kappa shape index (κ2) is 11.3. The average molecular weight is 476 g/mol. The Balaban J connectivity index is 1.54. The summed E-state index contributed by atoms with van der Waals surface area (Å²) in [7, 11) is 0. The number of benzene rings is 2. The van der Waals surface area contributed by atoms with E-state index in [4.69, 9.17) is 0 Å². The van der Waals surface area contributed by atoms with Gasteiger partial charge in [-0.05, 0) is 28.8 Å². The minimum atomic E-state index is -0.369. The van der Waals surface area contributed by atoms with Crippen molar-refractivity contribution in [3.8, 4) is 0 Å². The van der Waals surface area contributed by atoms with Crippen molar-refractivity contribution in [1.82, 2.24) is 24.8 Å². The van der Waals surface area contributed by atoms with E-state index in [1.165, 1.54) is 30.2 Å². The van der Waals surface area contributed by atoms with E-state index < -0.39 is 0 Å². The van der Waals surface area contributed by atoms with Gasteiger partial charge in [0.15, 0.2) is 5.16 Å². The van der Waals surface area contributed by atoms with E-state index in [2.05, 4.69) is 20.3 Å². The third-order valence-electron chi connectivity index (χ3n) is 4.97. The van der Waals surface area contributed by atoms with Gasteiger partial charge in [0.1, 0.15) is 18.7 Å². The van der Waals surface area contributed by atoms with Crippen LogP contribution in [0.5, 0.6) is 0 Å². The molecule has 4 rings (SSSR count). The van der Waals surface area contributed by atoms with Crippen molar-refractivity contribution >= 4 is 17.7 Å². The first-order chi connectivity index (χ1) is 16.6. The predicted octanol–water partition coefficient (Wildman–Crippen LogP) is 3.37. The molecule has 9 heteroatoms. The smallest absolute Gasteiger partial charge is 0.277 e. The molecule has 1 N–H and O–H groups in total. The number of thioether (sulfide) groups is 1. The fourth-order valence-corrected chi connectivity index (χ4v) is 4.17. The summed E-state index contributed by atoms with van der Waals surface area (Å²) < 4.78 is 14.9. The highest BCUT2D eigenvalue weighted by atomic mass is 32.2. The van der Waals surface area contributed by atoms with Crippen LogP contribution in [0.4, 0.5) is 4.39 Å². The zero-order valence-corrected chi connectivity index (χ0v) is 19.0. The van der Waals surface area contributed by atoms with Crippen molar-refractivity contribution in [2.45, 2.75) is 30.4 Å². The minimum Gasteiger partial charge on any atom is -0.350 e. The van der Waals surface area contributed by atoms with Gasteiger partial charge in [0.05, 0.1) is 0 Å². The van der Waals surface area contributed by atoms with Gasteiger partial charge in [0.2, 0.25) is 5.91 Å². The van der Waals surface area contributed by atoms with Crippen molar-refractivity contribution in [3.63, 3.8) is 0 Å². The molecule has 0 fully saturated rings. The van der Waals surface area contributed by atoms with Gasteiger partial charge in [-0.2, -0.15) is 4.98 Å². The SMILES string of the molecule is O=C(Cn1cc(Cc2cncnc2)c(=O)nc1SCc1ccc(F)cc1)NCc1ccccc1. The van der Waals surface area contributed by atoms with Crippen LogP contribution in [0, 0.1) is 5.82 Å². The lowest BCUT2D eigenvalue weighted by Crippen LogP contribution is -2.29. The Hall–Kier alpha value is -3.85. The molecule has 0 spiro atoms. The third kappa shape index (κ3) is 6.58. The van der Waals surface area contributed by atoms with Crippen LogP contribution in [-0.4, -0.2) is 25.4 Å². The molecule has 0 saturated heterocycles. The molecule has 0 aliphatic heterocycles. The zero-order valence-electron chi connectivity index (χ0n) is 18.2. The number of carbonyl (C=O) groups excluding carboxylic acids is 1. The third-order valence-corrected chi connectivity index (χ3v) is 6.03. The molecule has 0 aliphatic rings. The van der Waals surface area contributed by atoms with E-state index in [0.717, 1.165) is 16.7 Å². The van der Waals surface area contributed by atoms with Gasteiger partial charge in [-0.25, -0.2) is 14.4 Å². The predicted molar refractivity (Wildman–Crippen MR) is 128 cm³/mol. The molecule has 2 aromatic heterocycles. The van der Waals surface area contributed by atoms with Crippen molar-refractivity contribution in [2.75, 3.05) is 0 Å². The second-order valence-corrected chi connectivity index (χ2v) is 8.53. The number of nitrogens with zero attached hydrogens (tertiary/aromatic N) is 4. The molecule has 2 heterocycles. The number of aromatic nitrogens is 4. The fraction of sp³-hybridized carbons (Fsp3) is 0.160. The van der Waals surface area contributed by atoms with Crippen molar-refractivity contribution in [1.29, 1.82) is 0 Å². The molecule has 1 amide bonds. The van der Waals surface area contributed by atoms with Crippen LogP contribution >= 0.6 is 11.8 Å². The first-order valence-electron chi connectivity index (χ1n) is 10.6. The summed E-state index contributed by atoms with van der Waals surface area (Å²) in [5.74, 6) is -0.0374. The number of nitrogens with one attached hydrogen (secondary N) is 1. The summed E-state index contributed by atoms with van der Waals surface area (Å²) >= 11 is 1.32. The molecule has 7 nitrogen and oxygen atoms in total. The number of halogens is 1. The molecule has 0 atom stereocenters. The second-order valence-electron chi connectivity index (χ2n) is 7.58. The molecule has 0 aliphatic carbocycles. The van der Waals surface area contributed by atoms with Gasteiger partial charge < -0.3 is 9.88 Å². The molecule has 34 heavy (non-hydrogen) atoms. The maximum atomic E-state index is 13.2. The van der Waals surface area contributed by atoms with Gasteiger partial charge in [-0.3, -0.25) is 9.59 Å². The highest BCUT2D eigenvalue weighted by Gasteiger charge is 2.13. The Morgan fingerprint density at radius 2 is 1.71 bits per heavy atom. The maximum absolute atomic E-state index is 13.2. The Labute approximate surface area is 200 Å². The largest absolute Gasteiger partial charge is 0.350 e. The summed E-state index contributed by atoms with van der Waals surface area (Å²) in [6.07, 6.45) is 6.67. The van der Waals surface area contributed by atoms with Crippen LogP contribution in [0.3, 0.4) is 0 Å². The number of hydrogen-bond donors (Lipinski definition) is 1. The first-order valence-corrected chi connectivity index (χ1v) is 11.6. The maximum Gasteiger partial charge on any atom is 0.277 e. The molecule has 0 saturated carbocycles. The number of amides is 1. The molecule has 0 unspecified atom stereocenters. The van der Waals surface area contributed by atoms with E-state index >= 15 is 0 Å². The molecular weight excluding hydrogens is 453 g/mol. The molecule has 4 aromatic rings. The monoisotopic (exact) mass is 475 g/mol. The summed E-state index contributed by atoms with van der Waals surface area (Å²) in [5, 5.41) is 3.32. The van der Waals surface area contributed by atoms with E-state index in [0.29, 0.717) is 29.4 Å². The lowest BCUT2D eigenvalue weighted by atomic mass is 10.1. The van der Waals surface area contributed by atoms with E-state index in [1.54, 1.807) is 35.3 Å². The van der Waals surface area contributed by atoms with Gasteiger partial charge in [-0.15, -0.1) is 0 Å². The minimum absolute atomic E-state index is 0.00412. The molecule has 2 aromatic carbocycles. The normalized spacial score (nSPS) is 10.7. The lowest BCUT2D eigenvalue weighted by molar-refractivity contribution is -0.122. The highest BCUT2D eigenvalue weighted by molar-refractivity contribution is 7.98. The van der Waals surface area contributed by atoms with Crippen LogP contribution in [0.15, 0.2) is 89.5 Å². The highest BCUT2D eigenvalue weighted by Crippen LogP contribution is 2.21. The summed E-state index contributed by atoms with van der Waals surface area (Å²) in [5.41, 5.74) is 2.71. The molecule has 0 bridgehead atoms. The number of rotatable bonds is 9. The molecule has 0 radical (unpaired) electrons. The van der Waals surface area contributed by atoms with Crippen LogP contribution in [0.2, 0.25) is 0 Å². The van der Waals surface area contributed by atoms with Gasteiger partial charge in [0.25, 0.3) is 5.56 Å². The van der Waals surface area contributed by atoms with Crippen LogP contribution in [-0.2, 0) is 30.1 Å². The standard InChI is InChI=1S/C25H22FN5O2S/c26-22-8-6-19(7-9-22)16-34-25-30-24(33)21(10-20-11-27-17-28-12-20)14-31(25)15-23(32)29-13-18-4-2-1-3-5-18/h1-9,11-12,14,17H,10,13,15-16H2,(H,29,32). The Morgan fingerprint density at radius 1 is 0.971 bits per heavy atom. The van der Waals surface area contributed by atoms with Crippen molar-refractivity contribution < 1.29 is 9.18 Å². The number of carbonyl (C=O) groups is 1. The van der Waals surface area contributed by atoms with Gasteiger partial charge in [0, 0.05) is 42.9 Å². The summed E-state index contributed by atoms with van der Waals surface area (Å²) in [6.45, 7) is 0.406. The van der Waals surface area contributed by atoms with Crippen molar-refractivity contribution in [2.24, 2.45) is 0 Å². The quantitative estimate of drug-likeness (QED) is 0.295. The lowest BCUT2D eigenvalue weighted by Gasteiger charge is -2.14. The number of hydrogen-bond acceptors (Lipinski definition) is 6. The molecule has 172 valence electrons. The Morgan fingerprint density at radius 3 is 2.44 bits per heavy atom.